The van der Waals surface area contributed by atoms with Crippen LogP contribution >= 0.6 is 0 Å². The molecule has 39 heavy (non-hydrogen) atoms. The lowest BCUT2D eigenvalue weighted by atomic mass is 9.86. The number of ether oxygens (including phenoxy) is 2. The molecule has 4 heterocycles. The molecule has 0 radical (unpaired) electrons. The Morgan fingerprint density at radius 2 is 2.00 bits per heavy atom. The molecule has 1 atom stereocenters. The van der Waals surface area contributed by atoms with Gasteiger partial charge in [0.2, 0.25) is 0 Å². The fourth-order valence-electron chi connectivity index (χ4n) is 5.49. The molecular weight excluding hydrogens is 492 g/mol. The number of pyridine rings is 2. The molecule has 1 aliphatic rings. The summed E-state index contributed by atoms with van der Waals surface area (Å²) in [6.07, 6.45) is 4.93. The van der Waals surface area contributed by atoms with Gasteiger partial charge in [-0.2, -0.15) is 0 Å². The maximum Gasteiger partial charge on any atom is 0.337 e. The standard InChI is InChI=1S/C31H30N4O4/c1-17-14-22-19(6-8-21(34-22)23-15-32-16-35(23)5)27(25(17)29(30(36)37)39-31(2,3)4)20-7-9-24-26-18(11-13-38-24)10-12-33-28(20)26/h6-10,12,14-16,29H,11,13H2,1-5H3,(H,36,37). The summed E-state index contributed by atoms with van der Waals surface area (Å²) in [4.78, 5) is 26.8. The maximum atomic E-state index is 12.7. The molecule has 8 heteroatoms. The van der Waals surface area contributed by atoms with E-state index in [9.17, 15) is 9.90 Å². The van der Waals surface area contributed by atoms with Gasteiger partial charge in [-0.05, 0) is 80.8 Å². The molecule has 0 spiro atoms. The van der Waals surface area contributed by atoms with Crippen molar-refractivity contribution in [2.45, 2.75) is 45.8 Å². The highest BCUT2D eigenvalue weighted by Crippen LogP contribution is 2.45. The van der Waals surface area contributed by atoms with Crippen molar-refractivity contribution in [2.75, 3.05) is 6.61 Å². The SMILES string of the molecule is Cc1cc2nc(-c3cncn3C)ccc2c(-c2ccc3c4c(ccnc24)CCO3)c1C(OC(C)(C)C)C(=O)O. The Kier molecular flexibility index (Phi) is 5.88. The molecule has 6 rings (SSSR count). The van der Waals surface area contributed by atoms with E-state index in [1.165, 1.54) is 5.56 Å². The number of nitrogens with zero attached hydrogens (tertiary/aromatic N) is 4. The predicted octanol–water partition coefficient (Wildman–Crippen LogP) is 6.03. The van der Waals surface area contributed by atoms with E-state index in [0.717, 1.165) is 62.1 Å². The van der Waals surface area contributed by atoms with Crippen molar-refractivity contribution in [3.8, 4) is 28.3 Å². The van der Waals surface area contributed by atoms with E-state index in [0.29, 0.717) is 12.2 Å². The monoisotopic (exact) mass is 522 g/mol. The highest BCUT2D eigenvalue weighted by atomic mass is 16.5. The third-order valence-electron chi connectivity index (χ3n) is 7.12. The van der Waals surface area contributed by atoms with Gasteiger partial charge in [0.1, 0.15) is 5.75 Å². The maximum absolute atomic E-state index is 12.7. The second-order valence-electron chi connectivity index (χ2n) is 11.0. The summed E-state index contributed by atoms with van der Waals surface area (Å²) >= 11 is 0. The molecule has 0 saturated carbocycles. The number of hydrogen-bond acceptors (Lipinski definition) is 6. The molecule has 1 unspecified atom stereocenters. The van der Waals surface area contributed by atoms with Gasteiger partial charge in [0.15, 0.2) is 6.10 Å². The van der Waals surface area contributed by atoms with Crippen LogP contribution in [0.25, 0.3) is 44.3 Å². The number of carboxylic acid groups (broad SMARTS) is 1. The molecule has 5 aromatic rings. The Balaban J connectivity index is 1.71. The van der Waals surface area contributed by atoms with E-state index >= 15 is 0 Å². The Morgan fingerprint density at radius 1 is 1.18 bits per heavy atom. The third-order valence-corrected chi connectivity index (χ3v) is 7.12. The molecule has 0 aliphatic carbocycles. The first-order valence-corrected chi connectivity index (χ1v) is 13.0. The van der Waals surface area contributed by atoms with Crippen molar-refractivity contribution in [1.29, 1.82) is 0 Å². The van der Waals surface area contributed by atoms with Gasteiger partial charge < -0.3 is 19.1 Å². The van der Waals surface area contributed by atoms with E-state index in [4.69, 9.17) is 19.4 Å². The summed E-state index contributed by atoms with van der Waals surface area (Å²) in [6.45, 7) is 8.12. The third kappa shape index (κ3) is 4.30. The van der Waals surface area contributed by atoms with Crippen LogP contribution in [0.5, 0.6) is 5.75 Å². The molecule has 0 bridgehead atoms. The largest absolute Gasteiger partial charge is 0.493 e. The lowest BCUT2D eigenvalue weighted by Crippen LogP contribution is -2.28. The van der Waals surface area contributed by atoms with E-state index in [1.54, 1.807) is 12.5 Å². The zero-order chi connectivity index (χ0) is 27.5. The first-order valence-electron chi connectivity index (χ1n) is 13.0. The fraction of sp³-hybridized carbons (Fsp3) is 0.290. The molecule has 0 amide bonds. The number of fused-ring (bicyclic) bond motifs is 1. The van der Waals surface area contributed by atoms with Crippen molar-refractivity contribution >= 4 is 27.8 Å². The minimum absolute atomic E-state index is 0.597. The van der Waals surface area contributed by atoms with Crippen molar-refractivity contribution in [2.24, 2.45) is 7.05 Å². The van der Waals surface area contributed by atoms with Crippen LogP contribution in [-0.4, -0.2) is 42.8 Å². The van der Waals surface area contributed by atoms with Gasteiger partial charge in [-0.25, -0.2) is 14.8 Å². The van der Waals surface area contributed by atoms with Crippen LogP contribution < -0.4 is 4.74 Å². The van der Waals surface area contributed by atoms with E-state index in [-0.39, 0.29) is 0 Å². The fourth-order valence-corrected chi connectivity index (χ4v) is 5.49. The first kappa shape index (κ1) is 25.0. The molecule has 0 fully saturated rings. The van der Waals surface area contributed by atoms with Crippen LogP contribution in [0.15, 0.2) is 55.1 Å². The topological polar surface area (TPSA) is 99.4 Å². The van der Waals surface area contributed by atoms with Crippen molar-refractivity contribution in [1.82, 2.24) is 19.5 Å². The number of benzene rings is 2. The van der Waals surface area contributed by atoms with Crippen LogP contribution in [-0.2, 0) is 23.0 Å². The van der Waals surface area contributed by atoms with Crippen molar-refractivity contribution < 1.29 is 19.4 Å². The van der Waals surface area contributed by atoms with Crippen molar-refractivity contribution in [3.63, 3.8) is 0 Å². The Hall–Kier alpha value is -4.30. The minimum atomic E-state index is -1.19. The second-order valence-corrected chi connectivity index (χ2v) is 11.0. The number of rotatable bonds is 5. The Labute approximate surface area is 226 Å². The highest BCUT2D eigenvalue weighted by Gasteiger charge is 2.33. The van der Waals surface area contributed by atoms with Gasteiger partial charge in [-0.15, -0.1) is 0 Å². The van der Waals surface area contributed by atoms with E-state index < -0.39 is 17.7 Å². The summed E-state index contributed by atoms with van der Waals surface area (Å²) in [5, 5.41) is 12.2. The highest BCUT2D eigenvalue weighted by molar-refractivity contribution is 6.08. The quantitative estimate of drug-likeness (QED) is 0.301. The summed E-state index contributed by atoms with van der Waals surface area (Å²) < 4.78 is 14.1. The predicted molar refractivity (Wildman–Crippen MR) is 150 cm³/mol. The number of aliphatic carboxylic acids is 1. The normalized spacial score (nSPS) is 14.0. The first-order chi connectivity index (χ1) is 18.6. The zero-order valence-corrected chi connectivity index (χ0v) is 22.6. The Bertz CT molecular complexity index is 1760. The van der Waals surface area contributed by atoms with Crippen LogP contribution in [0.2, 0.25) is 0 Å². The summed E-state index contributed by atoms with van der Waals surface area (Å²) in [6, 6.07) is 11.9. The smallest absolute Gasteiger partial charge is 0.337 e. The van der Waals surface area contributed by atoms with Crippen LogP contribution in [0, 0.1) is 6.92 Å². The number of carbonyl (C=O) groups is 1. The van der Waals surface area contributed by atoms with Gasteiger partial charge >= 0.3 is 5.97 Å². The van der Waals surface area contributed by atoms with Gasteiger partial charge in [0, 0.05) is 41.6 Å². The molecule has 198 valence electrons. The lowest BCUT2D eigenvalue weighted by molar-refractivity contribution is -0.160. The molecule has 2 aromatic carbocycles. The van der Waals surface area contributed by atoms with Crippen molar-refractivity contribution in [3.05, 3.63) is 71.8 Å². The minimum Gasteiger partial charge on any atom is -0.493 e. The zero-order valence-electron chi connectivity index (χ0n) is 22.6. The average Bonchev–Trinajstić information content (AvgIpc) is 3.32. The van der Waals surface area contributed by atoms with Gasteiger partial charge in [-0.3, -0.25) is 4.98 Å². The average molecular weight is 523 g/mol. The number of hydrogen-bond donors (Lipinski definition) is 1. The number of aryl methyl sites for hydroxylation is 2. The molecular formula is C31H30N4O4. The molecule has 1 N–H and O–H groups in total. The summed E-state index contributed by atoms with van der Waals surface area (Å²) in [5.41, 5.74) is 6.63. The molecule has 3 aromatic heterocycles. The number of aromatic nitrogens is 4. The summed E-state index contributed by atoms with van der Waals surface area (Å²) in [5.74, 6) is -0.258. The van der Waals surface area contributed by atoms with Crippen LogP contribution in [0.3, 0.4) is 0 Å². The van der Waals surface area contributed by atoms with Gasteiger partial charge in [-0.1, -0.05) is 0 Å². The number of imidazole rings is 1. The second kappa shape index (κ2) is 9.17. The van der Waals surface area contributed by atoms with Crippen LogP contribution in [0.1, 0.15) is 43.6 Å². The van der Waals surface area contributed by atoms with E-state index in [2.05, 4.69) is 4.98 Å². The van der Waals surface area contributed by atoms with Gasteiger partial charge in [0.25, 0.3) is 0 Å². The lowest BCUT2D eigenvalue weighted by Gasteiger charge is -2.29. The Morgan fingerprint density at radius 3 is 2.72 bits per heavy atom. The summed E-state index contributed by atoms with van der Waals surface area (Å²) in [7, 11) is 1.93. The van der Waals surface area contributed by atoms with E-state index in [1.807, 2.05) is 81.9 Å². The van der Waals surface area contributed by atoms with Gasteiger partial charge in [0.05, 0.1) is 47.2 Å². The molecule has 0 saturated heterocycles. The molecule has 1 aliphatic heterocycles. The molecule has 8 nitrogen and oxygen atoms in total. The van der Waals surface area contributed by atoms with Crippen LogP contribution in [0.4, 0.5) is 0 Å². The number of carboxylic acids is 1.